The zero-order valence-corrected chi connectivity index (χ0v) is 27.4. The summed E-state index contributed by atoms with van der Waals surface area (Å²) in [5.41, 5.74) is 5.16. The van der Waals surface area contributed by atoms with Gasteiger partial charge in [0.2, 0.25) is 0 Å². The molecule has 2 amide bonds. The normalized spacial score (nSPS) is 22.4. The van der Waals surface area contributed by atoms with Crippen molar-refractivity contribution in [3.8, 4) is 11.3 Å². The third-order valence-electron chi connectivity index (χ3n) is 11.1. The predicted molar refractivity (Wildman–Crippen MR) is 185 cm³/mol. The second kappa shape index (κ2) is 13.8. The van der Waals surface area contributed by atoms with Crippen LogP contribution in [0.3, 0.4) is 0 Å². The summed E-state index contributed by atoms with van der Waals surface area (Å²) in [6.07, 6.45) is 10.8. The monoisotopic (exact) mass is 630 g/mol. The van der Waals surface area contributed by atoms with E-state index in [1.807, 2.05) is 48.7 Å². The van der Waals surface area contributed by atoms with Gasteiger partial charge < -0.3 is 15.1 Å². The van der Waals surface area contributed by atoms with Crippen LogP contribution >= 0.6 is 0 Å². The minimum atomic E-state index is -0.00843. The largest absolute Gasteiger partial charge is 0.324 e. The lowest BCUT2D eigenvalue weighted by atomic mass is 9.69. The molecule has 3 aliphatic rings. The fourth-order valence-corrected chi connectivity index (χ4v) is 8.36. The summed E-state index contributed by atoms with van der Waals surface area (Å²) < 4.78 is 1.80. The highest BCUT2D eigenvalue weighted by Gasteiger charge is 2.47. The zero-order valence-electron chi connectivity index (χ0n) is 27.4. The van der Waals surface area contributed by atoms with Crippen LogP contribution in [0.15, 0.2) is 96.2 Å². The zero-order chi connectivity index (χ0) is 32.2. The molecule has 2 aromatic heterocycles. The number of nitrogens with zero attached hydrogens (tertiary/aromatic N) is 5. The quantitative estimate of drug-likeness (QED) is 0.249. The summed E-state index contributed by atoms with van der Waals surface area (Å²) in [6, 6.07) is 26.6. The molecule has 244 valence electrons. The fourth-order valence-electron chi connectivity index (χ4n) is 8.36. The molecule has 4 heterocycles. The van der Waals surface area contributed by atoms with Crippen LogP contribution in [0.4, 0.5) is 4.79 Å². The lowest BCUT2D eigenvalue weighted by Gasteiger charge is -2.49. The first-order chi connectivity index (χ1) is 23.0. The van der Waals surface area contributed by atoms with Crippen molar-refractivity contribution in [2.24, 2.45) is 11.3 Å². The molecule has 0 unspecified atom stereocenters. The highest BCUT2D eigenvalue weighted by Crippen LogP contribution is 2.49. The number of benzene rings is 2. The number of aryl methyl sites for hydroxylation is 1. The number of piperidine rings is 2. The minimum absolute atomic E-state index is 0.00843. The number of aromatic nitrogens is 3. The van der Waals surface area contributed by atoms with Gasteiger partial charge in [0.25, 0.3) is 5.56 Å². The number of hydrogen-bond donors (Lipinski definition) is 1. The number of urea groups is 1. The number of hydrogen-bond acceptors (Lipinski definition) is 5. The van der Waals surface area contributed by atoms with E-state index in [4.69, 9.17) is 0 Å². The van der Waals surface area contributed by atoms with Gasteiger partial charge in [0.1, 0.15) is 0 Å². The molecule has 2 aromatic carbocycles. The summed E-state index contributed by atoms with van der Waals surface area (Å²) in [7, 11) is 0. The van der Waals surface area contributed by atoms with E-state index in [2.05, 4.69) is 62.3 Å². The van der Waals surface area contributed by atoms with Crippen LogP contribution in [0.2, 0.25) is 0 Å². The van der Waals surface area contributed by atoms with E-state index in [1.54, 1.807) is 17.0 Å². The van der Waals surface area contributed by atoms with Crippen molar-refractivity contribution in [3.05, 3.63) is 119 Å². The first kappa shape index (κ1) is 31.3. The van der Waals surface area contributed by atoms with Crippen molar-refractivity contribution in [1.29, 1.82) is 0 Å². The Bertz CT molecular complexity index is 1720. The Morgan fingerprint density at radius 1 is 0.936 bits per heavy atom. The molecule has 2 aliphatic heterocycles. The van der Waals surface area contributed by atoms with Gasteiger partial charge in [0.05, 0.1) is 23.8 Å². The van der Waals surface area contributed by atoms with Crippen LogP contribution in [0.1, 0.15) is 67.8 Å². The molecule has 3 fully saturated rings. The van der Waals surface area contributed by atoms with E-state index in [1.165, 1.54) is 24.0 Å². The molecule has 0 radical (unpaired) electrons. The molecule has 8 nitrogen and oxygen atoms in total. The van der Waals surface area contributed by atoms with Crippen molar-refractivity contribution in [3.63, 3.8) is 0 Å². The summed E-state index contributed by atoms with van der Waals surface area (Å²) in [4.78, 5) is 41.2. The lowest BCUT2D eigenvalue weighted by molar-refractivity contribution is 0.0206. The Morgan fingerprint density at radius 2 is 1.70 bits per heavy atom. The van der Waals surface area contributed by atoms with E-state index in [-0.39, 0.29) is 23.0 Å². The molecule has 7 rings (SSSR count). The first-order valence-electron chi connectivity index (χ1n) is 17.4. The van der Waals surface area contributed by atoms with Crippen molar-refractivity contribution < 1.29 is 4.79 Å². The number of rotatable bonds is 7. The van der Waals surface area contributed by atoms with Crippen molar-refractivity contribution in [1.82, 2.24) is 29.7 Å². The Morgan fingerprint density at radius 3 is 2.45 bits per heavy atom. The number of amides is 2. The van der Waals surface area contributed by atoms with Gasteiger partial charge in [0, 0.05) is 56.6 Å². The van der Waals surface area contributed by atoms with Crippen molar-refractivity contribution in [2.75, 3.05) is 19.6 Å². The smallest absolute Gasteiger partial charge is 0.320 e. The molecule has 1 aliphatic carbocycles. The van der Waals surface area contributed by atoms with Gasteiger partial charge in [-0.15, -0.1) is 0 Å². The number of nitrogens with one attached hydrogen (secondary N) is 1. The maximum absolute atomic E-state index is 14.5. The van der Waals surface area contributed by atoms with Gasteiger partial charge in [0.15, 0.2) is 0 Å². The second-order valence-corrected chi connectivity index (χ2v) is 13.9. The third-order valence-corrected chi connectivity index (χ3v) is 11.1. The van der Waals surface area contributed by atoms with Gasteiger partial charge in [-0.1, -0.05) is 79.6 Å². The van der Waals surface area contributed by atoms with Gasteiger partial charge in [-0.05, 0) is 67.6 Å². The summed E-state index contributed by atoms with van der Waals surface area (Å²) in [5.74, 6) is 0.339. The Hall–Kier alpha value is -4.30. The lowest BCUT2D eigenvalue weighted by Crippen LogP contribution is -2.57. The summed E-state index contributed by atoms with van der Waals surface area (Å²) in [5, 5.41) is 3.76. The maximum atomic E-state index is 14.5. The Labute approximate surface area is 277 Å². The average Bonchev–Trinajstić information content (AvgIpc) is 3.58. The highest BCUT2D eigenvalue weighted by molar-refractivity contribution is 5.75. The third kappa shape index (κ3) is 6.75. The summed E-state index contributed by atoms with van der Waals surface area (Å²) in [6.45, 7) is 5.70. The van der Waals surface area contributed by atoms with E-state index in [9.17, 15) is 9.59 Å². The molecule has 8 heteroatoms. The molecule has 1 N–H and O–H groups in total. The van der Waals surface area contributed by atoms with Crippen molar-refractivity contribution >= 4 is 6.03 Å². The number of carbonyl (C=O) groups excluding carboxylic acids is 1. The van der Waals surface area contributed by atoms with Crippen LogP contribution in [-0.2, 0) is 13.1 Å². The molecule has 0 bridgehead atoms. The van der Waals surface area contributed by atoms with Gasteiger partial charge in [-0.25, -0.2) is 9.78 Å². The van der Waals surface area contributed by atoms with Crippen LogP contribution in [0.5, 0.6) is 0 Å². The van der Waals surface area contributed by atoms with Gasteiger partial charge >= 0.3 is 6.03 Å². The minimum Gasteiger partial charge on any atom is -0.324 e. The molecule has 1 saturated carbocycles. The molecule has 3 atom stereocenters. The number of carbonyl (C=O) groups is 1. The van der Waals surface area contributed by atoms with Crippen LogP contribution in [0.25, 0.3) is 11.3 Å². The predicted octanol–water partition coefficient (Wildman–Crippen LogP) is 6.61. The number of pyridine rings is 1. The highest BCUT2D eigenvalue weighted by atomic mass is 16.2. The molecule has 4 aromatic rings. The topological polar surface area (TPSA) is 83.4 Å². The average molecular weight is 631 g/mol. The summed E-state index contributed by atoms with van der Waals surface area (Å²) >= 11 is 0. The van der Waals surface area contributed by atoms with E-state index < -0.39 is 0 Å². The molecular formula is C39H46N6O2. The van der Waals surface area contributed by atoms with Crippen LogP contribution < -0.4 is 10.9 Å². The van der Waals surface area contributed by atoms with Gasteiger partial charge in [-0.2, -0.15) is 0 Å². The van der Waals surface area contributed by atoms with Crippen LogP contribution in [0, 0.1) is 18.3 Å². The second-order valence-electron chi connectivity index (χ2n) is 13.9. The molecule has 47 heavy (non-hydrogen) atoms. The Balaban J connectivity index is 1.05. The van der Waals surface area contributed by atoms with E-state index >= 15 is 0 Å². The fraction of sp³-hybridized carbons (Fsp3) is 0.436. The first-order valence-corrected chi connectivity index (χ1v) is 17.4. The molecular weight excluding hydrogens is 584 g/mol. The standard InChI is InChI=1S/C39H46N6O2/c1-29-11-10-20-40-35(29)25-41-33-17-22-45(36(23-33)31-14-6-3-7-15-31)38(47)43-21-16-32(39(27-43)18-8-9-19-39)26-44-28-42-34(24-37(44)46)30-12-4-2-5-13-30/h2-7,10-15,20,24,28,32-33,36,41H,8-9,16-19,21-23,25-27H2,1H3/t32-,33+,36-/m0/s1. The van der Waals surface area contributed by atoms with E-state index in [0.29, 0.717) is 30.7 Å². The maximum Gasteiger partial charge on any atom is 0.320 e. The van der Waals surface area contributed by atoms with Crippen molar-refractivity contribution in [2.45, 2.75) is 77.0 Å². The van der Waals surface area contributed by atoms with Crippen LogP contribution in [-0.4, -0.2) is 56.0 Å². The molecule has 1 spiro atoms. The molecule has 2 saturated heterocycles. The Kier molecular flexibility index (Phi) is 9.21. The SMILES string of the molecule is Cc1cccnc1CN[C@@H]1CCN(C(=O)N2CC[C@@H](Cn3cnc(-c4ccccc4)cc3=O)C3(CCCC3)C2)[C@H](c2ccccc2)C1. The van der Waals surface area contributed by atoms with E-state index in [0.717, 1.165) is 63.0 Å². The number of likely N-dealkylation sites (tertiary alicyclic amines) is 2. The van der Waals surface area contributed by atoms with Gasteiger partial charge in [-0.3, -0.25) is 14.3 Å².